The lowest BCUT2D eigenvalue weighted by molar-refractivity contribution is 0.0955. The third-order valence-corrected chi connectivity index (χ3v) is 4.56. The first kappa shape index (κ1) is 19.1. The van der Waals surface area contributed by atoms with Gasteiger partial charge in [-0.3, -0.25) is 0 Å². The predicted octanol–water partition coefficient (Wildman–Crippen LogP) is 4.99. The second kappa shape index (κ2) is 9.94. The molecule has 1 N–H and O–H groups in total. The van der Waals surface area contributed by atoms with Crippen molar-refractivity contribution in [2.45, 2.75) is 70.6 Å². The summed E-state index contributed by atoms with van der Waals surface area (Å²) in [4.78, 5) is 15.3. The van der Waals surface area contributed by atoms with E-state index in [9.17, 15) is 4.79 Å². The van der Waals surface area contributed by atoms with Crippen LogP contribution in [0.5, 0.6) is 0 Å². The molecule has 1 aromatic rings. The molecule has 0 radical (unpaired) electrons. The summed E-state index contributed by atoms with van der Waals surface area (Å²) in [5.41, 5.74) is 10.1. The van der Waals surface area contributed by atoms with E-state index in [2.05, 4.69) is 29.2 Å². The lowest BCUT2D eigenvalue weighted by Gasteiger charge is -2.27. The van der Waals surface area contributed by atoms with Crippen molar-refractivity contribution in [3.8, 4) is 0 Å². The van der Waals surface area contributed by atoms with Gasteiger partial charge < -0.3 is 10.1 Å². The Bertz CT molecular complexity index is 578. The molecule has 0 saturated heterocycles. The van der Waals surface area contributed by atoms with E-state index in [0.29, 0.717) is 12.3 Å². The fourth-order valence-corrected chi connectivity index (χ4v) is 3.35. The van der Waals surface area contributed by atoms with Gasteiger partial charge in [0.15, 0.2) is 0 Å². The van der Waals surface area contributed by atoms with Crippen molar-refractivity contribution in [2.24, 2.45) is 11.0 Å². The highest BCUT2D eigenvalue weighted by Gasteiger charge is 2.26. The number of nitrogens with one attached hydrogen (secondary N) is 1. The van der Waals surface area contributed by atoms with Crippen LogP contribution in [0.15, 0.2) is 35.4 Å². The van der Waals surface area contributed by atoms with Crippen LogP contribution in [0.1, 0.15) is 51.5 Å². The van der Waals surface area contributed by atoms with Gasteiger partial charge in [-0.2, -0.15) is 0 Å². The first-order valence-corrected chi connectivity index (χ1v) is 9.13. The second-order valence-corrected chi connectivity index (χ2v) is 7.15. The van der Waals surface area contributed by atoms with Gasteiger partial charge in [0.05, 0.1) is 6.04 Å². The summed E-state index contributed by atoms with van der Waals surface area (Å²) in [7, 11) is 0. The van der Waals surface area contributed by atoms with Crippen molar-refractivity contribution in [1.82, 2.24) is 5.32 Å². The monoisotopic (exact) mass is 344 g/mol. The van der Waals surface area contributed by atoms with Crippen molar-refractivity contribution >= 4 is 6.09 Å². The normalized spacial score (nSPS) is 16.9. The maximum Gasteiger partial charge on any atom is 0.407 e. The van der Waals surface area contributed by atoms with Gasteiger partial charge in [0.1, 0.15) is 6.10 Å². The molecule has 0 aliphatic heterocycles. The zero-order chi connectivity index (χ0) is 18.1. The van der Waals surface area contributed by atoms with E-state index in [1.807, 2.05) is 30.3 Å². The number of rotatable bonds is 8. The number of alkyl carbamates (subject to hydrolysis) is 1. The minimum absolute atomic E-state index is 0.0201. The molecular weight excluding hydrogens is 316 g/mol. The molecule has 0 spiro atoms. The number of benzene rings is 1. The number of carbonyl (C=O) groups is 1. The van der Waals surface area contributed by atoms with Gasteiger partial charge in [-0.1, -0.05) is 49.3 Å². The van der Waals surface area contributed by atoms with E-state index < -0.39 is 6.09 Å². The molecule has 136 valence electrons. The Kier molecular flexibility index (Phi) is 7.61. The SMILES string of the molecule is CC(C)C[C@H](NC(=O)OC1CCCC1)[C@@H](Cc1ccccc1)N=[N+]=[N-]. The lowest BCUT2D eigenvalue weighted by Crippen LogP contribution is -2.45. The molecule has 0 heterocycles. The number of ether oxygens (including phenoxy) is 1. The van der Waals surface area contributed by atoms with E-state index in [1.54, 1.807) is 0 Å². The predicted molar refractivity (Wildman–Crippen MR) is 98.2 cm³/mol. The summed E-state index contributed by atoms with van der Waals surface area (Å²) in [5, 5.41) is 6.92. The highest BCUT2D eigenvalue weighted by Crippen LogP contribution is 2.22. The van der Waals surface area contributed by atoms with Crippen LogP contribution in [-0.2, 0) is 11.2 Å². The topological polar surface area (TPSA) is 87.1 Å². The lowest BCUT2D eigenvalue weighted by atomic mass is 9.93. The Hall–Kier alpha value is -2.20. The third-order valence-electron chi connectivity index (χ3n) is 4.56. The van der Waals surface area contributed by atoms with Crippen molar-refractivity contribution in [1.29, 1.82) is 0 Å². The molecule has 1 aliphatic rings. The minimum Gasteiger partial charge on any atom is -0.446 e. The molecule has 1 fully saturated rings. The van der Waals surface area contributed by atoms with Gasteiger partial charge in [0.2, 0.25) is 0 Å². The Morgan fingerprint density at radius 2 is 2.00 bits per heavy atom. The van der Waals surface area contributed by atoms with Gasteiger partial charge in [0.25, 0.3) is 0 Å². The van der Waals surface area contributed by atoms with Gasteiger partial charge in [-0.05, 0) is 55.5 Å². The Labute approximate surface area is 149 Å². The first-order valence-electron chi connectivity index (χ1n) is 9.13. The van der Waals surface area contributed by atoms with Gasteiger partial charge >= 0.3 is 6.09 Å². The molecule has 1 amide bonds. The summed E-state index contributed by atoms with van der Waals surface area (Å²) in [5.74, 6) is 0.365. The third kappa shape index (κ3) is 6.67. The molecule has 6 nitrogen and oxygen atoms in total. The number of amides is 1. The van der Waals surface area contributed by atoms with E-state index in [4.69, 9.17) is 10.3 Å². The molecule has 0 bridgehead atoms. The summed E-state index contributed by atoms with van der Waals surface area (Å²) in [6.45, 7) is 4.18. The zero-order valence-corrected chi connectivity index (χ0v) is 15.1. The standard InChI is InChI=1S/C19H28N4O2/c1-14(2)12-17(21-19(24)25-16-10-6-7-11-16)18(22-23-20)13-15-8-4-3-5-9-15/h3-5,8-9,14,16-18H,6-7,10-13H2,1-2H3,(H,21,24)/t17-,18+/m0/s1. The number of carbonyl (C=O) groups excluding carboxylic acids is 1. The molecule has 0 unspecified atom stereocenters. The smallest absolute Gasteiger partial charge is 0.407 e. The van der Waals surface area contributed by atoms with Crippen LogP contribution in [0.2, 0.25) is 0 Å². The maximum atomic E-state index is 12.3. The van der Waals surface area contributed by atoms with E-state index in [-0.39, 0.29) is 18.2 Å². The van der Waals surface area contributed by atoms with Crippen LogP contribution >= 0.6 is 0 Å². The maximum absolute atomic E-state index is 12.3. The first-order chi connectivity index (χ1) is 12.1. The highest BCUT2D eigenvalue weighted by atomic mass is 16.6. The number of hydrogen-bond donors (Lipinski definition) is 1. The van der Waals surface area contributed by atoms with Crippen LogP contribution in [0.3, 0.4) is 0 Å². The number of azide groups is 1. The fourth-order valence-electron chi connectivity index (χ4n) is 3.35. The molecule has 2 atom stereocenters. The zero-order valence-electron chi connectivity index (χ0n) is 15.1. The van der Waals surface area contributed by atoms with Crippen molar-refractivity contribution in [3.05, 3.63) is 46.3 Å². The number of hydrogen-bond acceptors (Lipinski definition) is 3. The van der Waals surface area contributed by atoms with E-state index in [1.165, 1.54) is 0 Å². The molecule has 0 aromatic heterocycles. The number of nitrogens with zero attached hydrogens (tertiary/aromatic N) is 3. The largest absolute Gasteiger partial charge is 0.446 e. The molecule has 1 saturated carbocycles. The molecule has 25 heavy (non-hydrogen) atoms. The average Bonchev–Trinajstić information content (AvgIpc) is 3.07. The molecule has 2 rings (SSSR count). The highest BCUT2D eigenvalue weighted by molar-refractivity contribution is 5.68. The minimum atomic E-state index is -0.399. The van der Waals surface area contributed by atoms with Gasteiger partial charge in [0, 0.05) is 11.0 Å². The van der Waals surface area contributed by atoms with Crippen LogP contribution in [0, 0.1) is 5.92 Å². The van der Waals surface area contributed by atoms with E-state index in [0.717, 1.165) is 37.7 Å². The molecule has 1 aliphatic carbocycles. The van der Waals surface area contributed by atoms with Crippen molar-refractivity contribution in [2.75, 3.05) is 0 Å². The van der Waals surface area contributed by atoms with Crippen LogP contribution in [0.4, 0.5) is 4.79 Å². The summed E-state index contributed by atoms with van der Waals surface area (Å²) >= 11 is 0. The average molecular weight is 344 g/mol. The van der Waals surface area contributed by atoms with Crippen LogP contribution in [-0.4, -0.2) is 24.3 Å². The molecule has 6 heteroatoms. The second-order valence-electron chi connectivity index (χ2n) is 7.15. The molecule has 1 aromatic carbocycles. The van der Waals surface area contributed by atoms with Gasteiger partial charge in [-0.25, -0.2) is 4.79 Å². The van der Waals surface area contributed by atoms with Crippen molar-refractivity contribution < 1.29 is 9.53 Å². The van der Waals surface area contributed by atoms with Gasteiger partial charge in [-0.15, -0.1) is 0 Å². The summed E-state index contributed by atoms with van der Waals surface area (Å²) in [6.07, 6.45) is 5.04. The fraction of sp³-hybridized carbons (Fsp3) is 0.632. The Morgan fingerprint density at radius 1 is 1.32 bits per heavy atom. The van der Waals surface area contributed by atoms with Crippen molar-refractivity contribution in [3.63, 3.8) is 0 Å². The van der Waals surface area contributed by atoms with Crippen LogP contribution in [0.25, 0.3) is 10.4 Å². The quantitative estimate of drug-likeness (QED) is 0.409. The Morgan fingerprint density at radius 3 is 2.60 bits per heavy atom. The van der Waals surface area contributed by atoms with Crippen LogP contribution < -0.4 is 5.32 Å². The Balaban J connectivity index is 2.05. The summed E-state index contributed by atoms with van der Waals surface area (Å²) < 4.78 is 5.52. The summed E-state index contributed by atoms with van der Waals surface area (Å²) in [6, 6.07) is 9.29. The molecular formula is C19H28N4O2. The van der Waals surface area contributed by atoms with E-state index >= 15 is 0 Å².